The SMILES string of the molecule is C.CC(=O)NCCC(C)(C)C.CC(C)(C)CC#N.CC(C)(C)CCCn1cccc1. The molecule has 1 aromatic heterocycles. The number of amides is 1. The average Bonchev–Trinajstić information content (AvgIpc) is 2.97. The van der Waals surface area contributed by atoms with Crippen LogP contribution in [0.2, 0.25) is 0 Å². The molecule has 4 nitrogen and oxygen atoms in total. The Balaban J connectivity index is -0.000000372. The lowest BCUT2D eigenvalue weighted by Crippen LogP contribution is -2.24. The average molecular weight is 422 g/mol. The fraction of sp³-hybridized carbons (Fsp3) is 0.769. The molecule has 1 aromatic rings. The van der Waals surface area contributed by atoms with Crippen molar-refractivity contribution in [3.05, 3.63) is 24.5 Å². The van der Waals surface area contributed by atoms with Crippen molar-refractivity contribution >= 4 is 5.91 Å². The Kier molecular flexibility index (Phi) is 17.5. The monoisotopic (exact) mass is 421 g/mol. The Morgan fingerprint density at radius 2 is 1.37 bits per heavy atom. The minimum Gasteiger partial charge on any atom is -0.356 e. The van der Waals surface area contributed by atoms with Crippen molar-refractivity contribution in [2.45, 2.75) is 109 Å². The Morgan fingerprint density at radius 3 is 1.67 bits per heavy atom. The van der Waals surface area contributed by atoms with Gasteiger partial charge in [0.15, 0.2) is 0 Å². The number of carbonyl (C=O) groups is 1. The van der Waals surface area contributed by atoms with Gasteiger partial charge in [-0.3, -0.25) is 4.79 Å². The van der Waals surface area contributed by atoms with Crippen LogP contribution in [-0.2, 0) is 11.3 Å². The molecular weight excluding hydrogens is 370 g/mol. The van der Waals surface area contributed by atoms with E-state index in [1.807, 2.05) is 0 Å². The van der Waals surface area contributed by atoms with Crippen LogP contribution >= 0.6 is 0 Å². The van der Waals surface area contributed by atoms with Gasteiger partial charge < -0.3 is 9.88 Å². The maximum Gasteiger partial charge on any atom is 0.216 e. The molecule has 0 radical (unpaired) electrons. The lowest BCUT2D eigenvalue weighted by Gasteiger charge is -2.17. The van der Waals surface area contributed by atoms with Gasteiger partial charge in [0.1, 0.15) is 0 Å². The molecule has 1 amide bonds. The third kappa shape index (κ3) is 31.0. The van der Waals surface area contributed by atoms with Crippen LogP contribution in [0.4, 0.5) is 0 Å². The first-order valence-corrected chi connectivity index (χ1v) is 10.8. The van der Waals surface area contributed by atoms with Crippen molar-refractivity contribution in [2.75, 3.05) is 6.54 Å². The van der Waals surface area contributed by atoms with Crippen molar-refractivity contribution in [3.63, 3.8) is 0 Å². The standard InChI is InChI=1S/C11H19N.C8H17NO.C6H11N.CH4/c1-11(2,3)7-6-10-12-8-4-5-9-12;1-7(10)9-6-5-8(2,3)4;1-6(2,3)4-5-7;/h4-5,8-9H,6-7,10H2,1-3H3;5-6H2,1-4H3,(H,9,10);4H2,1-3H3;1H4. The fourth-order valence-electron chi connectivity index (χ4n) is 2.16. The molecular formula is C26H51N3O. The Labute approximate surface area is 188 Å². The zero-order valence-corrected chi connectivity index (χ0v) is 20.9. The second-order valence-electron chi connectivity index (χ2n) is 11.3. The van der Waals surface area contributed by atoms with Crippen molar-refractivity contribution in [3.8, 4) is 6.07 Å². The highest BCUT2D eigenvalue weighted by Gasteiger charge is 2.09. The number of nitriles is 1. The maximum atomic E-state index is 10.4. The van der Waals surface area contributed by atoms with Crippen molar-refractivity contribution < 1.29 is 4.79 Å². The summed E-state index contributed by atoms with van der Waals surface area (Å²) in [7, 11) is 0. The van der Waals surface area contributed by atoms with Crippen LogP contribution in [0.15, 0.2) is 24.5 Å². The van der Waals surface area contributed by atoms with Gasteiger partial charge >= 0.3 is 0 Å². The predicted octanol–water partition coefficient (Wildman–Crippen LogP) is 7.46. The summed E-state index contributed by atoms with van der Waals surface area (Å²) in [4.78, 5) is 10.4. The lowest BCUT2D eigenvalue weighted by atomic mass is 9.91. The number of hydrogen-bond acceptors (Lipinski definition) is 2. The number of aromatic nitrogens is 1. The largest absolute Gasteiger partial charge is 0.356 e. The van der Waals surface area contributed by atoms with Crippen LogP contribution in [0.1, 0.15) is 102 Å². The maximum absolute atomic E-state index is 10.4. The van der Waals surface area contributed by atoms with Crippen LogP contribution in [0.3, 0.4) is 0 Å². The zero-order valence-electron chi connectivity index (χ0n) is 20.9. The summed E-state index contributed by atoms with van der Waals surface area (Å²) in [5.41, 5.74) is 0.990. The Morgan fingerprint density at radius 1 is 0.900 bits per heavy atom. The first-order chi connectivity index (χ1) is 13.1. The van der Waals surface area contributed by atoms with Gasteiger partial charge in [0.2, 0.25) is 5.91 Å². The highest BCUT2D eigenvalue weighted by Crippen LogP contribution is 2.20. The van der Waals surface area contributed by atoms with E-state index in [1.54, 1.807) is 6.92 Å². The van der Waals surface area contributed by atoms with Gasteiger partial charge in [0.25, 0.3) is 0 Å². The van der Waals surface area contributed by atoms with E-state index in [0.29, 0.717) is 17.3 Å². The first kappa shape index (κ1) is 32.9. The molecule has 4 heteroatoms. The van der Waals surface area contributed by atoms with Gasteiger partial charge in [0.05, 0.1) is 6.07 Å². The van der Waals surface area contributed by atoms with Gasteiger partial charge in [-0.1, -0.05) is 69.7 Å². The van der Waals surface area contributed by atoms with Crippen LogP contribution in [0.5, 0.6) is 0 Å². The van der Waals surface area contributed by atoms with Gasteiger partial charge in [-0.2, -0.15) is 5.26 Å². The highest BCUT2D eigenvalue weighted by molar-refractivity contribution is 5.72. The van der Waals surface area contributed by atoms with Crippen LogP contribution in [0, 0.1) is 27.6 Å². The summed E-state index contributed by atoms with van der Waals surface area (Å²) in [6.07, 6.45) is 8.51. The summed E-state index contributed by atoms with van der Waals surface area (Å²) < 4.78 is 2.24. The topological polar surface area (TPSA) is 57.8 Å². The van der Waals surface area contributed by atoms with Gasteiger partial charge in [0, 0.05) is 38.8 Å². The molecule has 0 aliphatic heterocycles. The highest BCUT2D eigenvalue weighted by atomic mass is 16.1. The molecule has 0 bridgehead atoms. The third-order valence-electron chi connectivity index (χ3n) is 3.87. The van der Waals surface area contributed by atoms with E-state index in [4.69, 9.17) is 5.26 Å². The molecule has 0 aromatic carbocycles. The number of nitrogens with zero attached hydrogens (tertiary/aromatic N) is 2. The van der Waals surface area contributed by atoms with Gasteiger partial charge in [-0.05, 0) is 47.6 Å². The normalized spacial score (nSPS) is 11.0. The van der Waals surface area contributed by atoms with E-state index in [2.05, 4.69) is 103 Å². The minimum absolute atomic E-state index is 0. The van der Waals surface area contributed by atoms with Crippen LogP contribution in [-0.4, -0.2) is 17.0 Å². The Bertz CT molecular complexity index is 561. The summed E-state index contributed by atoms with van der Waals surface area (Å²) in [6.45, 7) is 23.0. The van der Waals surface area contributed by atoms with E-state index in [-0.39, 0.29) is 18.7 Å². The molecule has 30 heavy (non-hydrogen) atoms. The fourth-order valence-corrected chi connectivity index (χ4v) is 2.16. The second kappa shape index (κ2) is 16.0. The quantitative estimate of drug-likeness (QED) is 0.536. The summed E-state index contributed by atoms with van der Waals surface area (Å²) in [5.74, 6) is 0.0595. The molecule has 0 saturated heterocycles. The van der Waals surface area contributed by atoms with E-state index >= 15 is 0 Å². The van der Waals surface area contributed by atoms with Crippen LogP contribution in [0.25, 0.3) is 0 Å². The van der Waals surface area contributed by atoms with Crippen molar-refractivity contribution in [1.82, 2.24) is 9.88 Å². The molecule has 176 valence electrons. The second-order valence-corrected chi connectivity index (χ2v) is 11.3. The molecule has 0 spiro atoms. The summed E-state index contributed by atoms with van der Waals surface area (Å²) >= 11 is 0. The van der Waals surface area contributed by atoms with Gasteiger partial charge in [-0.25, -0.2) is 0 Å². The molecule has 0 unspecified atom stereocenters. The smallest absolute Gasteiger partial charge is 0.216 e. The summed E-state index contributed by atoms with van der Waals surface area (Å²) in [6, 6.07) is 6.27. The minimum atomic E-state index is 0. The third-order valence-corrected chi connectivity index (χ3v) is 3.87. The molecule has 0 atom stereocenters. The van der Waals surface area contributed by atoms with Crippen LogP contribution < -0.4 is 5.32 Å². The first-order valence-electron chi connectivity index (χ1n) is 10.8. The molecule has 0 aliphatic rings. The van der Waals surface area contributed by atoms with E-state index in [0.717, 1.165) is 19.5 Å². The summed E-state index contributed by atoms with van der Waals surface area (Å²) in [5, 5.41) is 10.9. The van der Waals surface area contributed by atoms with Gasteiger partial charge in [-0.15, -0.1) is 0 Å². The molecule has 1 N–H and O–H groups in total. The van der Waals surface area contributed by atoms with Crippen molar-refractivity contribution in [2.24, 2.45) is 16.2 Å². The molecule has 1 rings (SSSR count). The number of aryl methyl sites for hydroxylation is 1. The van der Waals surface area contributed by atoms with E-state index in [1.165, 1.54) is 12.8 Å². The predicted molar refractivity (Wildman–Crippen MR) is 132 cm³/mol. The number of hydrogen-bond donors (Lipinski definition) is 1. The van der Waals surface area contributed by atoms with Crippen molar-refractivity contribution in [1.29, 1.82) is 5.26 Å². The number of nitrogens with one attached hydrogen (secondary N) is 1. The lowest BCUT2D eigenvalue weighted by molar-refractivity contribution is -0.119. The zero-order chi connectivity index (χ0) is 23.1. The van der Waals surface area contributed by atoms with E-state index < -0.39 is 0 Å². The molecule has 0 fully saturated rings. The number of carbonyl (C=O) groups excluding carboxylic acids is 1. The molecule has 1 heterocycles. The molecule has 0 aliphatic carbocycles. The Hall–Kier alpha value is -1.76. The van der Waals surface area contributed by atoms with E-state index in [9.17, 15) is 4.79 Å². The molecule has 0 saturated carbocycles. The number of rotatable bonds is 5.